The highest BCUT2D eigenvalue weighted by Gasteiger charge is 2.08. The fourth-order valence-corrected chi connectivity index (χ4v) is 1.50. The summed E-state index contributed by atoms with van der Waals surface area (Å²) in [6, 6.07) is 0. The van der Waals surface area contributed by atoms with Crippen LogP contribution in [0.2, 0.25) is 5.02 Å². The second-order valence-corrected chi connectivity index (χ2v) is 3.63. The molecule has 0 aromatic carbocycles. The highest BCUT2D eigenvalue weighted by atomic mass is 35.5. The lowest BCUT2D eigenvalue weighted by Gasteiger charge is -2.03. The minimum Gasteiger partial charge on any atom is -0.335 e. The zero-order valence-electron chi connectivity index (χ0n) is 8.48. The average molecular weight is 226 g/mol. The normalized spacial score (nSPS) is 10.9. The molecule has 0 bridgehead atoms. The lowest BCUT2D eigenvalue weighted by molar-refractivity contribution is 0.581. The monoisotopic (exact) mass is 225 g/mol. The van der Waals surface area contributed by atoms with Gasteiger partial charge >= 0.3 is 0 Å². The van der Waals surface area contributed by atoms with Crippen LogP contribution in [0.3, 0.4) is 0 Å². The number of tetrazole rings is 1. The molecule has 0 atom stereocenters. The zero-order chi connectivity index (χ0) is 10.8. The molecule has 0 N–H and O–H groups in total. The molecule has 2 rings (SSSR count). The van der Waals surface area contributed by atoms with E-state index in [2.05, 4.69) is 25.7 Å². The molecule has 7 heteroatoms. The Labute approximate surface area is 91.6 Å². The van der Waals surface area contributed by atoms with Gasteiger partial charge < -0.3 is 5.10 Å². The van der Waals surface area contributed by atoms with Crippen molar-refractivity contribution >= 4 is 11.6 Å². The van der Waals surface area contributed by atoms with Crippen LogP contribution in [-0.4, -0.2) is 25.3 Å². The van der Waals surface area contributed by atoms with Crippen molar-refractivity contribution in [2.45, 2.75) is 26.8 Å². The lowest BCUT2D eigenvalue weighted by atomic mass is 10.4. The number of rotatable bonds is 3. The Morgan fingerprint density at radius 2 is 2.20 bits per heavy atom. The summed E-state index contributed by atoms with van der Waals surface area (Å²) in [5.41, 5.74) is 1.80. The van der Waals surface area contributed by atoms with E-state index in [-0.39, 0.29) is 0 Å². The van der Waals surface area contributed by atoms with E-state index >= 15 is 0 Å². The zero-order valence-corrected chi connectivity index (χ0v) is 9.23. The summed E-state index contributed by atoms with van der Waals surface area (Å²) in [6.07, 6.45) is 0.658. The molecular weight excluding hydrogens is 216 g/mol. The van der Waals surface area contributed by atoms with Crippen LogP contribution in [0, 0.1) is 13.8 Å². The third-order valence-corrected chi connectivity index (χ3v) is 2.75. The summed E-state index contributed by atoms with van der Waals surface area (Å²) >= 11 is 6.02. The second-order valence-electron chi connectivity index (χ2n) is 3.25. The van der Waals surface area contributed by atoms with Gasteiger partial charge in [-0.2, -0.15) is 10.3 Å². The third-order valence-electron chi connectivity index (χ3n) is 2.20. The SMILES string of the molecule is Cc1nn(CCc2nnn[n-]2)c(C)c1Cl. The first-order valence-corrected chi connectivity index (χ1v) is 4.93. The molecule has 2 heterocycles. The lowest BCUT2D eigenvalue weighted by Crippen LogP contribution is -2.06. The summed E-state index contributed by atoms with van der Waals surface area (Å²) in [4.78, 5) is 0. The van der Waals surface area contributed by atoms with Gasteiger partial charge in [0, 0.05) is 12.4 Å². The molecule has 0 aliphatic carbocycles. The standard InChI is InChI=1S/C8H10ClN6/c1-5-8(9)6(2)15(12-5)4-3-7-10-13-14-11-7/h3-4H2,1-2H3/q-1. The summed E-state index contributed by atoms with van der Waals surface area (Å²) < 4.78 is 1.84. The maximum absolute atomic E-state index is 6.02. The number of aryl methyl sites for hydroxylation is 3. The molecule has 0 amide bonds. The van der Waals surface area contributed by atoms with Crippen LogP contribution in [0.15, 0.2) is 0 Å². The van der Waals surface area contributed by atoms with Crippen molar-refractivity contribution in [2.24, 2.45) is 0 Å². The Bertz CT molecular complexity index is 446. The molecule has 0 saturated heterocycles. The van der Waals surface area contributed by atoms with Crippen molar-refractivity contribution in [3.8, 4) is 0 Å². The van der Waals surface area contributed by atoms with Crippen LogP contribution < -0.4 is 5.10 Å². The number of nitrogens with zero attached hydrogens (tertiary/aromatic N) is 6. The topological polar surface area (TPSA) is 70.6 Å². The van der Waals surface area contributed by atoms with Crippen LogP contribution in [0.5, 0.6) is 0 Å². The van der Waals surface area contributed by atoms with Gasteiger partial charge in [-0.3, -0.25) is 15.0 Å². The maximum atomic E-state index is 6.02. The molecule has 0 aliphatic heterocycles. The number of aromatic nitrogens is 6. The van der Waals surface area contributed by atoms with E-state index in [9.17, 15) is 0 Å². The fraction of sp³-hybridized carbons (Fsp3) is 0.500. The molecule has 80 valence electrons. The quantitative estimate of drug-likeness (QED) is 0.763. The van der Waals surface area contributed by atoms with Crippen molar-refractivity contribution in [2.75, 3.05) is 0 Å². The molecule has 0 unspecified atom stereocenters. The van der Waals surface area contributed by atoms with Gasteiger partial charge in [-0.1, -0.05) is 11.6 Å². The molecule has 0 saturated carbocycles. The van der Waals surface area contributed by atoms with E-state index in [1.165, 1.54) is 0 Å². The molecule has 0 spiro atoms. The van der Waals surface area contributed by atoms with E-state index in [4.69, 9.17) is 11.6 Å². The van der Waals surface area contributed by atoms with Gasteiger partial charge in [0.1, 0.15) is 0 Å². The second kappa shape index (κ2) is 3.98. The minimum absolute atomic E-state index is 0.624. The van der Waals surface area contributed by atoms with Gasteiger partial charge in [0.2, 0.25) is 0 Å². The Hall–Kier alpha value is -1.43. The largest absolute Gasteiger partial charge is 0.335 e. The van der Waals surface area contributed by atoms with Gasteiger partial charge in [0.05, 0.1) is 16.4 Å². The van der Waals surface area contributed by atoms with E-state index in [1.807, 2.05) is 18.5 Å². The Balaban J connectivity index is 2.08. The van der Waals surface area contributed by atoms with Crippen molar-refractivity contribution in [1.29, 1.82) is 0 Å². The van der Waals surface area contributed by atoms with Gasteiger partial charge in [-0.05, 0) is 20.3 Å². The van der Waals surface area contributed by atoms with Gasteiger partial charge in [-0.25, -0.2) is 0 Å². The van der Waals surface area contributed by atoms with E-state index < -0.39 is 0 Å². The molecule has 2 aromatic heterocycles. The van der Waals surface area contributed by atoms with E-state index in [0.29, 0.717) is 18.8 Å². The van der Waals surface area contributed by atoms with Gasteiger partial charge in [-0.15, -0.1) is 0 Å². The molecule has 0 aliphatic rings. The number of hydrogen-bond donors (Lipinski definition) is 0. The first kappa shape index (κ1) is 10.1. The first-order valence-electron chi connectivity index (χ1n) is 4.55. The predicted molar refractivity (Wildman–Crippen MR) is 53.6 cm³/mol. The number of hydrogen-bond acceptors (Lipinski definition) is 4. The van der Waals surface area contributed by atoms with Gasteiger partial charge in [0.25, 0.3) is 0 Å². The summed E-state index contributed by atoms with van der Waals surface area (Å²) in [5, 5.41) is 19.3. The molecule has 6 nitrogen and oxygen atoms in total. The maximum Gasteiger partial charge on any atom is 0.0844 e. The van der Waals surface area contributed by atoms with E-state index in [0.717, 1.165) is 16.4 Å². The van der Waals surface area contributed by atoms with Crippen LogP contribution in [0.1, 0.15) is 17.2 Å². The van der Waals surface area contributed by atoms with Crippen molar-refractivity contribution in [3.63, 3.8) is 0 Å². The molecule has 0 fully saturated rings. The summed E-state index contributed by atoms with van der Waals surface area (Å²) in [7, 11) is 0. The summed E-state index contributed by atoms with van der Waals surface area (Å²) in [5.74, 6) is 0.624. The molecule has 0 radical (unpaired) electrons. The van der Waals surface area contributed by atoms with Gasteiger partial charge in [0.15, 0.2) is 0 Å². The smallest absolute Gasteiger partial charge is 0.0844 e. The molecule has 15 heavy (non-hydrogen) atoms. The predicted octanol–water partition coefficient (Wildman–Crippen LogP) is 0.538. The average Bonchev–Trinajstić information content (AvgIpc) is 2.80. The highest BCUT2D eigenvalue weighted by Crippen LogP contribution is 2.18. The Kier molecular flexibility index (Phi) is 2.68. The van der Waals surface area contributed by atoms with Crippen molar-refractivity contribution in [3.05, 3.63) is 22.2 Å². The van der Waals surface area contributed by atoms with Crippen molar-refractivity contribution < 1.29 is 0 Å². The minimum atomic E-state index is 0.624. The van der Waals surface area contributed by atoms with Crippen LogP contribution >= 0.6 is 11.6 Å². The van der Waals surface area contributed by atoms with Crippen LogP contribution in [0.4, 0.5) is 0 Å². The molecular formula is C8H10ClN6-. The Morgan fingerprint density at radius 3 is 2.73 bits per heavy atom. The van der Waals surface area contributed by atoms with Crippen molar-refractivity contribution in [1.82, 2.24) is 30.4 Å². The first-order chi connectivity index (χ1) is 7.18. The molecule has 2 aromatic rings. The fourth-order valence-electron chi connectivity index (χ4n) is 1.36. The number of halogens is 1. The summed E-state index contributed by atoms with van der Waals surface area (Å²) in [6.45, 7) is 4.51. The van der Waals surface area contributed by atoms with Crippen LogP contribution in [-0.2, 0) is 13.0 Å². The highest BCUT2D eigenvalue weighted by molar-refractivity contribution is 6.31. The Morgan fingerprint density at radius 1 is 1.40 bits per heavy atom. The van der Waals surface area contributed by atoms with E-state index in [1.54, 1.807) is 0 Å². The van der Waals surface area contributed by atoms with Crippen LogP contribution in [0.25, 0.3) is 0 Å². The third kappa shape index (κ3) is 1.99.